The number of rotatable bonds is 8. The summed E-state index contributed by atoms with van der Waals surface area (Å²) >= 11 is 6.05. The van der Waals surface area contributed by atoms with Gasteiger partial charge >= 0.3 is 0 Å². The van der Waals surface area contributed by atoms with Crippen LogP contribution in [0.1, 0.15) is 35.8 Å². The first-order chi connectivity index (χ1) is 15.8. The van der Waals surface area contributed by atoms with E-state index < -0.39 is 0 Å². The molecule has 2 aromatic heterocycles. The molecule has 0 aliphatic carbocycles. The van der Waals surface area contributed by atoms with E-state index in [4.69, 9.17) is 33.6 Å². The Morgan fingerprint density at radius 2 is 2.09 bits per heavy atom. The highest BCUT2D eigenvalue weighted by Gasteiger charge is 2.23. The fraction of sp³-hybridized carbons (Fsp3) is 0.429. The molecule has 33 heavy (non-hydrogen) atoms. The molecule has 0 atom stereocenters. The van der Waals surface area contributed by atoms with E-state index in [2.05, 4.69) is 25.2 Å². The van der Waals surface area contributed by atoms with Gasteiger partial charge in [-0.25, -0.2) is 20.8 Å². The molecule has 3 rings (SSSR count). The van der Waals surface area contributed by atoms with Gasteiger partial charge in [0.1, 0.15) is 11.5 Å². The van der Waals surface area contributed by atoms with Crippen LogP contribution in [0.2, 0.25) is 5.28 Å². The zero-order chi connectivity index (χ0) is 24.0. The minimum absolute atomic E-state index is 0.0521. The van der Waals surface area contributed by atoms with Gasteiger partial charge in [-0.1, -0.05) is 0 Å². The molecule has 0 spiro atoms. The summed E-state index contributed by atoms with van der Waals surface area (Å²) in [5.74, 6) is 7.10. The number of pyridine rings is 1. The summed E-state index contributed by atoms with van der Waals surface area (Å²) in [4.78, 5) is 26.7. The summed E-state index contributed by atoms with van der Waals surface area (Å²) in [6, 6.07) is 3.43. The largest absolute Gasteiger partial charge is 0.489 e. The Balaban J connectivity index is 1.59. The Morgan fingerprint density at radius 1 is 1.36 bits per heavy atom. The summed E-state index contributed by atoms with van der Waals surface area (Å²) in [7, 11) is 1.68. The quantitative estimate of drug-likeness (QED) is 0.248. The van der Waals surface area contributed by atoms with Crippen LogP contribution in [0.15, 0.2) is 24.5 Å². The minimum Gasteiger partial charge on any atom is -0.489 e. The summed E-state index contributed by atoms with van der Waals surface area (Å²) in [6.07, 6.45) is 4.93. The third-order valence-corrected chi connectivity index (χ3v) is 5.40. The lowest BCUT2D eigenvalue weighted by Gasteiger charge is -2.32. The van der Waals surface area contributed by atoms with Gasteiger partial charge in [0.25, 0.3) is 5.91 Å². The zero-order valence-corrected chi connectivity index (χ0v) is 19.5. The number of halogens is 1. The zero-order valence-electron chi connectivity index (χ0n) is 18.8. The van der Waals surface area contributed by atoms with E-state index in [9.17, 15) is 4.79 Å². The van der Waals surface area contributed by atoms with Crippen LogP contribution >= 0.6 is 11.6 Å². The number of aromatic nitrogens is 3. The van der Waals surface area contributed by atoms with Gasteiger partial charge in [0.2, 0.25) is 5.28 Å². The molecule has 7 N–H and O–H groups in total. The molecule has 1 amide bonds. The third kappa shape index (κ3) is 6.59. The van der Waals surface area contributed by atoms with Gasteiger partial charge in [0, 0.05) is 50.7 Å². The summed E-state index contributed by atoms with van der Waals surface area (Å²) in [5, 5.41) is 4.14. The molecule has 0 unspecified atom stereocenters. The number of carbonyl (C=O) groups is 1. The van der Waals surface area contributed by atoms with Gasteiger partial charge in [0.05, 0.1) is 12.3 Å². The van der Waals surface area contributed by atoms with Crippen molar-refractivity contribution in [1.82, 2.24) is 25.3 Å². The molecule has 1 fully saturated rings. The summed E-state index contributed by atoms with van der Waals surface area (Å²) in [6.45, 7) is 4.36. The smallest absolute Gasteiger partial charge is 0.270 e. The number of hydrazine groups is 1. The molecular formula is C21H30ClN9O2. The Bertz CT molecular complexity index is 1010. The molecule has 11 nitrogen and oxygen atoms in total. The van der Waals surface area contributed by atoms with Gasteiger partial charge in [-0.05, 0) is 43.4 Å². The first-order valence-electron chi connectivity index (χ1n) is 10.7. The van der Waals surface area contributed by atoms with Crippen molar-refractivity contribution in [2.24, 2.45) is 17.5 Å². The number of carbonyl (C=O) groups excluding carboxylic acids is 1. The molecule has 1 aliphatic heterocycles. The van der Waals surface area contributed by atoms with E-state index in [0.717, 1.165) is 25.9 Å². The highest BCUT2D eigenvalue weighted by atomic mass is 35.5. The van der Waals surface area contributed by atoms with Crippen molar-refractivity contribution in [2.75, 3.05) is 43.9 Å². The molecule has 0 saturated carbocycles. The maximum atomic E-state index is 12.1. The Labute approximate surface area is 197 Å². The second-order valence-electron chi connectivity index (χ2n) is 7.84. The van der Waals surface area contributed by atoms with E-state index >= 15 is 0 Å². The van der Waals surface area contributed by atoms with Gasteiger partial charge in [0.15, 0.2) is 11.6 Å². The van der Waals surface area contributed by atoms with Crippen molar-refractivity contribution < 1.29 is 9.53 Å². The topological polar surface area (TPSA) is 162 Å². The Kier molecular flexibility index (Phi) is 8.12. The molecule has 0 radical (unpaired) electrons. The molecule has 0 bridgehead atoms. The number of ether oxygens (including phenoxy) is 1. The summed E-state index contributed by atoms with van der Waals surface area (Å²) in [5.41, 5.74) is 13.4. The lowest BCUT2D eigenvalue weighted by molar-refractivity contribution is 0.0950. The van der Waals surface area contributed by atoms with Crippen molar-refractivity contribution in [3.05, 3.63) is 41.1 Å². The Morgan fingerprint density at radius 3 is 2.76 bits per heavy atom. The van der Waals surface area contributed by atoms with Crippen molar-refractivity contribution in [2.45, 2.75) is 19.8 Å². The Hall–Kier alpha value is -3.31. The number of hydrogen-bond acceptors (Lipinski definition) is 10. The van der Waals surface area contributed by atoms with Crippen LogP contribution in [-0.2, 0) is 0 Å². The maximum absolute atomic E-state index is 12.1. The highest BCUT2D eigenvalue weighted by molar-refractivity contribution is 6.28. The van der Waals surface area contributed by atoms with Crippen LogP contribution in [0.5, 0.6) is 5.75 Å². The number of nitrogens with one attached hydrogen (secondary N) is 1. The normalized spacial score (nSPS) is 14.8. The van der Waals surface area contributed by atoms with E-state index in [-0.39, 0.29) is 16.9 Å². The maximum Gasteiger partial charge on any atom is 0.270 e. The van der Waals surface area contributed by atoms with Crippen LogP contribution in [0.3, 0.4) is 0 Å². The van der Waals surface area contributed by atoms with E-state index in [1.165, 1.54) is 5.01 Å². The molecule has 178 valence electrons. The average Bonchev–Trinajstić information content (AvgIpc) is 2.78. The lowest BCUT2D eigenvalue weighted by Crippen LogP contribution is -2.36. The number of piperidine rings is 1. The van der Waals surface area contributed by atoms with Crippen LogP contribution in [0.4, 0.5) is 11.6 Å². The number of nitrogens with two attached hydrogens (primary N) is 3. The number of nitrogens with zero attached hydrogens (tertiary/aromatic N) is 5. The lowest BCUT2D eigenvalue weighted by atomic mass is 9.98. The summed E-state index contributed by atoms with van der Waals surface area (Å²) < 4.78 is 5.98. The monoisotopic (exact) mass is 475 g/mol. The molecule has 2 aromatic rings. The van der Waals surface area contributed by atoms with Gasteiger partial charge < -0.3 is 31.4 Å². The van der Waals surface area contributed by atoms with E-state index in [1.54, 1.807) is 31.6 Å². The highest BCUT2D eigenvalue weighted by Crippen LogP contribution is 2.27. The predicted molar refractivity (Wildman–Crippen MR) is 128 cm³/mol. The second kappa shape index (κ2) is 11.0. The van der Waals surface area contributed by atoms with Crippen molar-refractivity contribution in [1.29, 1.82) is 0 Å². The van der Waals surface area contributed by atoms with E-state index in [1.807, 2.05) is 6.92 Å². The minimum atomic E-state index is -0.270. The number of anilines is 2. The molecule has 0 aromatic carbocycles. The van der Waals surface area contributed by atoms with Crippen molar-refractivity contribution >= 4 is 34.8 Å². The number of nitrogen functional groups attached to an aromatic ring is 1. The number of amides is 1. The third-order valence-electron chi connectivity index (χ3n) is 5.23. The second-order valence-corrected chi connectivity index (χ2v) is 8.18. The fourth-order valence-electron chi connectivity index (χ4n) is 3.49. The van der Waals surface area contributed by atoms with Gasteiger partial charge in [-0.2, -0.15) is 0 Å². The standard InChI is InChI=1S/C21H30ClN9O2/c1-3-26-20(32)16-9-18(29-21(22)28-16)31-6-4-13(5-7-31)12-33-17-8-14(10-27-19(17)24)15(23)11-30(2)25/h8-11,13H,3-7,12,23,25H2,1-2H3,(H2,24,27)(H,26,32)/b15-11-. The molecular weight excluding hydrogens is 446 g/mol. The van der Waals surface area contributed by atoms with Gasteiger partial charge in [-0.3, -0.25) is 4.79 Å². The van der Waals surface area contributed by atoms with Gasteiger partial charge in [-0.15, -0.1) is 0 Å². The molecule has 3 heterocycles. The first kappa shape index (κ1) is 24.3. The fourth-order valence-corrected chi connectivity index (χ4v) is 3.67. The van der Waals surface area contributed by atoms with Crippen molar-refractivity contribution in [3.63, 3.8) is 0 Å². The predicted octanol–water partition coefficient (Wildman–Crippen LogP) is 1.21. The SMILES string of the molecule is CCNC(=O)c1cc(N2CCC(COc3cc(/C(N)=C/N(C)N)cnc3N)CC2)nc(Cl)n1. The number of hydrogen-bond donors (Lipinski definition) is 4. The van der Waals surface area contributed by atoms with Crippen LogP contribution < -0.4 is 32.3 Å². The molecule has 12 heteroatoms. The molecule has 1 saturated heterocycles. The van der Waals surface area contributed by atoms with E-state index in [0.29, 0.717) is 47.7 Å². The first-order valence-corrected chi connectivity index (χ1v) is 11.1. The average molecular weight is 476 g/mol. The van der Waals surface area contributed by atoms with Crippen LogP contribution in [0, 0.1) is 5.92 Å². The van der Waals surface area contributed by atoms with Crippen molar-refractivity contribution in [3.8, 4) is 5.75 Å². The van der Waals surface area contributed by atoms with Crippen LogP contribution in [0.25, 0.3) is 5.70 Å². The van der Waals surface area contributed by atoms with Crippen LogP contribution in [-0.4, -0.2) is 59.2 Å². The molecule has 1 aliphatic rings.